The van der Waals surface area contributed by atoms with Crippen molar-refractivity contribution in [3.63, 3.8) is 0 Å². The van der Waals surface area contributed by atoms with Gasteiger partial charge in [0.1, 0.15) is 5.75 Å². The molecule has 4 aliphatic rings. The number of nitrogens with zero attached hydrogens (tertiary/aromatic N) is 2. The molecule has 0 aromatic heterocycles. The van der Waals surface area contributed by atoms with Crippen LogP contribution in [-0.4, -0.2) is 39.9 Å². The Bertz CT molecular complexity index is 1330. The van der Waals surface area contributed by atoms with Crippen LogP contribution in [-0.2, 0) is 25.6 Å². The molecule has 2 saturated carbocycles. The van der Waals surface area contributed by atoms with Gasteiger partial charge < -0.3 is 9.64 Å². The Labute approximate surface area is 238 Å². The van der Waals surface area contributed by atoms with Crippen LogP contribution in [0.3, 0.4) is 0 Å². The predicted octanol–water partition coefficient (Wildman–Crippen LogP) is 4.80. The molecule has 198 valence electrons. The number of amides is 3. The molecule has 2 heterocycles. The van der Waals surface area contributed by atoms with Crippen LogP contribution < -0.4 is 14.5 Å². The number of para-hydroxylation sites is 1. The second-order valence-corrected chi connectivity index (χ2v) is 12.9. The van der Waals surface area contributed by atoms with Gasteiger partial charge in [-0.1, -0.05) is 57.0 Å². The molecule has 0 spiro atoms. The molecular formula is C29H28Br2N2O5. The first-order valence-corrected chi connectivity index (χ1v) is 14.9. The third-order valence-electron chi connectivity index (χ3n) is 8.74. The maximum absolute atomic E-state index is 13.4. The average molecular weight is 644 g/mol. The van der Waals surface area contributed by atoms with Crippen molar-refractivity contribution in [2.45, 2.75) is 42.8 Å². The Hall–Kier alpha value is -2.52. The van der Waals surface area contributed by atoms with E-state index in [9.17, 15) is 19.2 Å². The summed E-state index contributed by atoms with van der Waals surface area (Å²) in [5.74, 6) is -1.36. The minimum Gasteiger partial charge on any atom is -0.426 e. The van der Waals surface area contributed by atoms with Crippen LogP contribution in [0.25, 0.3) is 0 Å². The van der Waals surface area contributed by atoms with Crippen LogP contribution in [0.2, 0.25) is 0 Å². The molecule has 2 aromatic carbocycles. The van der Waals surface area contributed by atoms with Crippen molar-refractivity contribution < 1.29 is 23.9 Å². The maximum atomic E-state index is 13.4. The summed E-state index contributed by atoms with van der Waals surface area (Å²) in [6, 6.07) is 12.7. The number of hydrogen-bond donors (Lipinski definition) is 0. The van der Waals surface area contributed by atoms with Gasteiger partial charge in [0.05, 0.1) is 23.4 Å². The van der Waals surface area contributed by atoms with Crippen molar-refractivity contribution in [3.05, 3.63) is 53.6 Å². The molecule has 2 aliphatic carbocycles. The molecule has 2 saturated heterocycles. The lowest BCUT2D eigenvalue weighted by Crippen LogP contribution is -2.37. The molecule has 0 radical (unpaired) electrons. The zero-order valence-corrected chi connectivity index (χ0v) is 24.3. The van der Waals surface area contributed by atoms with E-state index in [1.165, 1.54) is 4.90 Å². The minimum atomic E-state index is -0.571. The molecule has 6 rings (SSSR count). The molecule has 4 fully saturated rings. The number of fused-ring (bicyclic) bond motifs is 5. The highest BCUT2D eigenvalue weighted by atomic mass is 79.9. The molecule has 2 aliphatic heterocycles. The molecule has 9 heteroatoms. The van der Waals surface area contributed by atoms with Crippen LogP contribution in [0.5, 0.6) is 5.75 Å². The number of imide groups is 1. The van der Waals surface area contributed by atoms with Crippen molar-refractivity contribution in [3.8, 4) is 5.75 Å². The standard InChI is InChI=1S/C29H28Br2N2O5/c1-3-15-6-4-5-7-21(15)32-13-16(11-22(32)34)29(37)38-17-8-9-20(14(2)10-17)33-27(35)23-18-12-19(24(23)28(33)36)26(31)25(18)30/h4-10,16,18-19,23-26H,3,11-13H2,1-2H3/t16-,18-,19-,23-,24-,25+,26+/m1/s1. The Morgan fingerprint density at radius 3 is 2.26 bits per heavy atom. The van der Waals surface area contributed by atoms with Crippen molar-refractivity contribution in [2.24, 2.45) is 29.6 Å². The number of alkyl halides is 2. The van der Waals surface area contributed by atoms with Crippen LogP contribution in [0.4, 0.5) is 11.4 Å². The first-order chi connectivity index (χ1) is 18.2. The molecule has 2 bridgehead atoms. The number of carbonyl (C=O) groups is 4. The van der Waals surface area contributed by atoms with Gasteiger partial charge in [-0.15, -0.1) is 0 Å². The van der Waals surface area contributed by atoms with E-state index in [0.717, 1.165) is 24.1 Å². The van der Waals surface area contributed by atoms with E-state index < -0.39 is 11.9 Å². The van der Waals surface area contributed by atoms with Gasteiger partial charge in [-0.25, -0.2) is 4.90 Å². The maximum Gasteiger partial charge on any atom is 0.316 e. The summed E-state index contributed by atoms with van der Waals surface area (Å²) in [5, 5.41) is 0. The van der Waals surface area contributed by atoms with Crippen LogP contribution in [0.1, 0.15) is 30.9 Å². The van der Waals surface area contributed by atoms with E-state index in [2.05, 4.69) is 31.9 Å². The van der Waals surface area contributed by atoms with Gasteiger partial charge in [0, 0.05) is 28.3 Å². The Kier molecular flexibility index (Phi) is 6.50. The number of carbonyl (C=O) groups excluding carboxylic acids is 4. The smallest absolute Gasteiger partial charge is 0.316 e. The summed E-state index contributed by atoms with van der Waals surface area (Å²) in [6.45, 7) is 4.11. The quantitative estimate of drug-likeness (QED) is 0.202. The zero-order valence-electron chi connectivity index (χ0n) is 21.1. The van der Waals surface area contributed by atoms with Crippen molar-refractivity contribution in [1.82, 2.24) is 0 Å². The highest BCUT2D eigenvalue weighted by Gasteiger charge is 2.66. The largest absolute Gasteiger partial charge is 0.426 e. The average Bonchev–Trinajstić information content (AvgIpc) is 3.62. The number of benzene rings is 2. The molecule has 0 N–H and O–H groups in total. The zero-order chi connectivity index (χ0) is 26.9. The van der Waals surface area contributed by atoms with Gasteiger partial charge in [-0.05, 0) is 67.0 Å². The Balaban J connectivity index is 1.16. The lowest BCUT2D eigenvalue weighted by Gasteiger charge is -2.28. The summed E-state index contributed by atoms with van der Waals surface area (Å²) in [4.78, 5) is 55.9. The fourth-order valence-corrected chi connectivity index (χ4v) is 8.77. The fraction of sp³-hybridized carbons (Fsp3) is 0.448. The van der Waals surface area contributed by atoms with Gasteiger partial charge in [-0.2, -0.15) is 0 Å². The molecule has 7 atom stereocenters. The third kappa shape index (κ3) is 3.87. The second-order valence-electron chi connectivity index (χ2n) is 10.8. The predicted molar refractivity (Wildman–Crippen MR) is 150 cm³/mol. The van der Waals surface area contributed by atoms with Crippen LogP contribution in [0, 0.1) is 36.5 Å². The van der Waals surface area contributed by atoms with Crippen molar-refractivity contribution >= 4 is 66.9 Å². The molecule has 2 aromatic rings. The monoisotopic (exact) mass is 642 g/mol. The van der Waals surface area contributed by atoms with E-state index >= 15 is 0 Å². The minimum absolute atomic E-state index is 0.0959. The van der Waals surface area contributed by atoms with Crippen LogP contribution in [0.15, 0.2) is 42.5 Å². The number of anilines is 2. The normalized spacial score (nSPS) is 31.9. The summed E-state index contributed by atoms with van der Waals surface area (Å²) in [7, 11) is 0. The van der Waals surface area contributed by atoms with E-state index in [-0.39, 0.29) is 64.0 Å². The molecular weight excluding hydrogens is 616 g/mol. The van der Waals surface area contributed by atoms with E-state index in [1.54, 1.807) is 30.0 Å². The Morgan fingerprint density at radius 1 is 0.974 bits per heavy atom. The van der Waals surface area contributed by atoms with Crippen LogP contribution >= 0.6 is 31.9 Å². The summed E-state index contributed by atoms with van der Waals surface area (Å²) in [6.07, 6.45) is 1.77. The molecule has 38 heavy (non-hydrogen) atoms. The van der Waals surface area contributed by atoms with Gasteiger partial charge >= 0.3 is 5.97 Å². The number of aryl methyl sites for hydroxylation is 2. The number of ether oxygens (including phenoxy) is 1. The van der Waals surface area contributed by atoms with Gasteiger partial charge in [-0.3, -0.25) is 19.2 Å². The Morgan fingerprint density at radius 2 is 1.63 bits per heavy atom. The van der Waals surface area contributed by atoms with Crippen molar-refractivity contribution in [1.29, 1.82) is 0 Å². The van der Waals surface area contributed by atoms with E-state index in [0.29, 0.717) is 17.0 Å². The number of hydrogen-bond acceptors (Lipinski definition) is 5. The number of halogens is 2. The first kappa shape index (κ1) is 25.7. The SMILES string of the molecule is CCc1ccccc1N1C[C@H](C(=O)Oc2ccc(N3C(=O)[C@@H]4[C@H]5C[C@@H]([C@H](Br)[C@H]5Br)[C@H]4C3=O)c(C)c2)CC1=O. The molecule has 0 unspecified atom stereocenters. The molecule has 7 nitrogen and oxygen atoms in total. The summed E-state index contributed by atoms with van der Waals surface area (Å²) in [5.41, 5.74) is 3.11. The molecule has 3 amide bonds. The van der Waals surface area contributed by atoms with E-state index in [4.69, 9.17) is 4.74 Å². The number of rotatable bonds is 5. The van der Waals surface area contributed by atoms with Gasteiger partial charge in [0.2, 0.25) is 17.7 Å². The highest BCUT2D eigenvalue weighted by Crippen LogP contribution is 2.60. The number of esters is 1. The van der Waals surface area contributed by atoms with Crippen molar-refractivity contribution in [2.75, 3.05) is 16.3 Å². The fourth-order valence-electron chi connectivity index (χ4n) is 6.90. The summed E-state index contributed by atoms with van der Waals surface area (Å²) < 4.78 is 5.67. The first-order valence-electron chi connectivity index (χ1n) is 13.1. The van der Waals surface area contributed by atoms with Gasteiger partial charge in [0.15, 0.2) is 0 Å². The van der Waals surface area contributed by atoms with E-state index in [1.807, 2.05) is 31.2 Å². The van der Waals surface area contributed by atoms with Gasteiger partial charge in [0.25, 0.3) is 0 Å². The second kappa shape index (κ2) is 9.59. The lowest BCUT2D eigenvalue weighted by atomic mass is 9.81. The topological polar surface area (TPSA) is 84.0 Å². The third-order valence-corrected chi connectivity index (χ3v) is 11.9. The highest BCUT2D eigenvalue weighted by molar-refractivity contribution is 9.12. The summed E-state index contributed by atoms with van der Waals surface area (Å²) >= 11 is 7.44. The lowest BCUT2D eigenvalue weighted by molar-refractivity contribution is -0.139.